The van der Waals surface area contributed by atoms with Crippen LogP contribution in [0.4, 0.5) is 10.2 Å². The zero-order valence-corrected chi connectivity index (χ0v) is 12.0. The second kappa shape index (κ2) is 6.33. The summed E-state index contributed by atoms with van der Waals surface area (Å²) in [5.74, 6) is -1.56. The van der Waals surface area contributed by atoms with E-state index in [0.717, 1.165) is 6.42 Å². The standard InChI is InChI=1S/C13H19FN4O3/c1-20-13(21-2)9-5-8(11(16)19)10(14)12(17-9)18-4-3-7(15)6-18/h5,7,13H,3-4,6,15H2,1-2H3,(H2,16,19)/t7-/m1/s1. The van der Waals surface area contributed by atoms with E-state index in [0.29, 0.717) is 13.1 Å². The maximum absolute atomic E-state index is 14.4. The van der Waals surface area contributed by atoms with Crippen molar-refractivity contribution in [3.8, 4) is 0 Å². The average Bonchev–Trinajstić information content (AvgIpc) is 2.87. The lowest BCUT2D eigenvalue weighted by Gasteiger charge is -2.21. The fraction of sp³-hybridized carbons (Fsp3) is 0.538. The highest BCUT2D eigenvalue weighted by Gasteiger charge is 2.27. The van der Waals surface area contributed by atoms with Crippen molar-refractivity contribution in [3.63, 3.8) is 0 Å². The largest absolute Gasteiger partial charge is 0.366 e. The number of nitrogens with zero attached hydrogens (tertiary/aromatic N) is 2. The van der Waals surface area contributed by atoms with Crippen LogP contribution in [0.15, 0.2) is 6.07 Å². The number of pyridine rings is 1. The van der Waals surface area contributed by atoms with Gasteiger partial charge < -0.3 is 25.8 Å². The number of rotatable bonds is 5. The number of carbonyl (C=O) groups excluding carboxylic acids is 1. The van der Waals surface area contributed by atoms with Crippen molar-refractivity contribution in [1.82, 2.24) is 4.98 Å². The van der Waals surface area contributed by atoms with Gasteiger partial charge in [0.1, 0.15) is 0 Å². The van der Waals surface area contributed by atoms with E-state index in [1.807, 2.05) is 0 Å². The first-order valence-electron chi connectivity index (χ1n) is 6.54. The normalized spacial score (nSPS) is 18.5. The molecule has 1 aliphatic heterocycles. The SMILES string of the molecule is COC(OC)c1cc(C(N)=O)c(F)c(N2CC[C@@H](N)C2)n1. The van der Waals surface area contributed by atoms with Crippen LogP contribution in [0.2, 0.25) is 0 Å². The molecule has 0 aromatic carbocycles. The Morgan fingerprint density at radius 1 is 1.52 bits per heavy atom. The first kappa shape index (κ1) is 15.6. The van der Waals surface area contributed by atoms with E-state index < -0.39 is 18.0 Å². The van der Waals surface area contributed by atoms with Gasteiger partial charge in [-0.1, -0.05) is 0 Å². The Bertz CT molecular complexity index is 536. The molecule has 7 nitrogen and oxygen atoms in total. The number of anilines is 1. The van der Waals surface area contributed by atoms with Crippen molar-refractivity contribution in [2.75, 3.05) is 32.2 Å². The van der Waals surface area contributed by atoms with Gasteiger partial charge >= 0.3 is 0 Å². The van der Waals surface area contributed by atoms with Gasteiger partial charge in [-0.2, -0.15) is 0 Å². The van der Waals surface area contributed by atoms with E-state index in [9.17, 15) is 9.18 Å². The third-order valence-electron chi connectivity index (χ3n) is 3.42. The number of primary amides is 1. The number of ether oxygens (including phenoxy) is 2. The molecule has 1 atom stereocenters. The fourth-order valence-electron chi connectivity index (χ4n) is 2.36. The third kappa shape index (κ3) is 3.12. The number of carbonyl (C=O) groups is 1. The molecule has 21 heavy (non-hydrogen) atoms. The van der Waals surface area contributed by atoms with Crippen molar-refractivity contribution in [1.29, 1.82) is 0 Å². The van der Waals surface area contributed by atoms with E-state index in [2.05, 4.69) is 4.98 Å². The highest BCUT2D eigenvalue weighted by Crippen LogP contribution is 2.27. The number of aromatic nitrogens is 1. The first-order valence-corrected chi connectivity index (χ1v) is 6.54. The maximum Gasteiger partial charge on any atom is 0.251 e. The van der Waals surface area contributed by atoms with Crippen LogP contribution in [0, 0.1) is 5.82 Å². The molecule has 0 saturated carbocycles. The van der Waals surface area contributed by atoms with Gasteiger partial charge in [0.15, 0.2) is 11.6 Å². The van der Waals surface area contributed by atoms with E-state index in [1.54, 1.807) is 4.90 Å². The van der Waals surface area contributed by atoms with Crippen molar-refractivity contribution in [2.24, 2.45) is 11.5 Å². The van der Waals surface area contributed by atoms with Crippen molar-refractivity contribution in [3.05, 3.63) is 23.1 Å². The highest BCUT2D eigenvalue weighted by atomic mass is 19.1. The molecule has 116 valence electrons. The van der Waals surface area contributed by atoms with Crippen LogP contribution >= 0.6 is 0 Å². The minimum absolute atomic E-state index is 0.0486. The summed E-state index contributed by atoms with van der Waals surface area (Å²) in [6.07, 6.45) is -0.0753. The van der Waals surface area contributed by atoms with E-state index in [1.165, 1.54) is 20.3 Å². The van der Waals surface area contributed by atoms with Gasteiger partial charge in [0.2, 0.25) is 6.29 Å². The number of nitrogens with two attached hydrogens (primary N) is 2. The van der Waals surface area contributed by atoms with E-state index >= 15 is 0 Å². The Kier molecular flexibility index (Phi) is 4.71. The van der Waals surface area contributed by atoms with Gasteiger partial charge in [-0.25, -0.2) is 9.37 Å². The molecule has 8 heteroatoms. The number of hydrogen-bond donors (Lipinski definition) is 2. The zero-order chi connectivity index (χ0) is 15.6. The summed E-state index contributed by atoms with van der Waals surface area (Å²) in [6.45, 7) is 1.04. The topological polar surface area (TPSA) is 104 Å². The molecule has 2 rings (SSSR count). The van der Waals surface area contributed by atoms with Crippen LogP contribution in [0.3, 0.4) is 0 Å². The summed E-state index contributed by atoms with van der Waals surface area (Å²) >= 11 is 0. The molecule has 1 aromatic heterocycles. The zero-order valence-electron chi connectivity index (χ0n) is 12.0. The predicted octanol–water partition coefficient (Wildman–Crippen LogP) is 0.148. The molecule has 0 bridgehead atoms. The van der Waals surface area contributed by atoms with Crippen molar-refractivity contribution in [2.45, 2.75) is 18.8 Å². The van der Waals surface area contributed by atoms with Gasteiger partial charge in [0.05, 0.1) is 11.3 Å². The van der Waals surface area contributed by atoms with Crippen LogP contribution < -0.4 is 16.4 Å². The molecule has 1 aliphatic rings. The van der Waals surface area contributed by atoms with Crippen LogP contribution in [-0.2, 0) is 9.47 Å². The maximum atomic E-state index is 14.4. The molecule has 0 aliphatic carbocycles. The van der Waals surface area contributed by atoms with Gasteiger partial charge in [-0.05, 0) is 12.5 Å². The summed E-state index contributed by atoms with van der Waals surface area (Å²) < 4.78 is 24.6. The van der Waals surface area contributed by atoms with E-state index in [4.69, 9.17) is 20.9 Å². The van der Waals surface area contributed by atoms with Crippen LogP contribution in [-0.4, -0.2) is 44.2 Å². The molecule has 0 radical (unpaired) electrons. The molecular formula is C13H19FN4O3. The first-order chi connectivity index (χ1) is 9.97. The number of amides is 1. The summed E-state index contributed by atoms with van der Waals surface area (Å²) in [5, 5.41) is 0. The summed E-state index contributed by atoms with van der Waals surface area (Å²) in [7, 11) is 2.85. The number of halogens is 1. The van der Waals surface area contributed by atoms with Crippen LogP contribution in [0.5, 0.6) is 0 Å². The number of hydrogen-bond acceptors (Lipinski definition) is 6. The fourth-order valence-corrected chi connectivity index (χ4v) is 2.36. The van der Waals surface area contributed by atoms with Gasteiger partial charge in [-0.3, -0.25) is 4.79 Å². The molecule has 1 fully saturated rings. The lowest BCUT2D eigenvalue weighted by molar-refractivity contribution is -0.108. The third-order valence-corrected chi connectivity index (χ3v) is 3.42. The Morgan fingerprint density at radius 2 is 2.19 bits per heavy atom. The Balaban J connectivity index is 2.49. The second-order valence-electron chi connectivity index (χ2n) is 4.89. The summed E-state index contributed by atoms with van der Waals surface area (Å²) in [5.41, 5.74) is 11.1. The average molecular weight is 298 g/mol. The summed E-state index contributed by atoms with van der Waals surface area (Å²) in [4.78, 5) is 17.3. The lowest BCUT2D eigenvalue weighted by Crippen LogP contribution is -2.29. The van der Waals surface area contributed by atoms with Crippen molar-refractivity contribution >= 4 is 11.7 Å². The van der Waals surface area contributed by atoms with Crippen LogP contribution in [0.1, 0.15) is 28.8 Å². The summed E-state index contributed by atoms with van der Waals surface area (Å²) in [6, 6.07) is 1.20. The van der Waals surface area contributed by atoms with E-state index in [-0.39, 0.29) is 23.1 Å². The molecule has 1 amide bonds. The second-order valence-corrected chi connectivity index (χ2v) is 4.89. The minimum atomic E-state index is -0.869. The smallest absolute Gasteiger partial charge is 0.251 e. The molecule has 0 unspecified atom stereocenters. The molecule has 4 N–H and O–H groups in total. The van der Waals surface area contributed by atoms with Gasteiger partial charge in [-0.15, -0.1) is 0 Å². The Labute approximate surface area is 122 Å². The minimum Gasteiger partial charge on any atom is -0.366 e. The van der Waals surface area contributed by atoms with Crippen molar-refractivity contribution < 1.29 is 18.7 Å². The monoisotopic (exact) mass is 298 g/mol. The highest BCUT2D eigenvalue weighted by molar-refractivity contribution is 5.94. The lowest BCUT2D eigenvalue weighted by atomic mass is 10.2. The van der Waals surface area contributed by atoms with Crippen LogP contribution in [0.25, 0.3) is 0 Å². The molecule has 0 spiro atoms. The molecular weight excluding hydrogens is 279 g/mol. The molecule has 2 heterocycles. The quantitative estimate of drug-likeness (QED) is 0.750. The predicted molar refractivity (Wildman–Crippen MR) is 74.3 cm³/mol. The Morgan fingerprint density at radius 3 is 2.67 bits per heavy atom. The molecule has 1 aromatic rings. The van der Waals surface area contributed by atoms with Gasteiger partial charge in [0.25, 0.3) is 5.91 Å². The Hall–Kier alpha value is -1.77. The number of methoxy groups -OCH3 is 2. The van der Waals surface area contributed by atoms with Gasteiger partial charge in [0, 0.05) is 33.4 Å². The molecule has 1 saturated heterocycles.